The van der Waals surface area contributed by atoms with Crippen molar-refractivity contribution in [2.75, 3.05) is 0 Å². The monoisotopic (exact) mass is 116 g/mol. The highest BCUT2D eigenvalue weighted by atomic mass is 28.2. The molecule has 7 heavy (non-hydrogen) atoms. The topological polar surface area (TPSA) is 0 Å². The van der Waals surface area contributed by atoms with Gasteiger partial charge in [0.2, 0.25) is 0 Å². The summed E-state index contributed by atoms with van der Waals surface area (Å²) >= 11 is 0. The minimum absolute atomic E-state index is 0.394. The molecular formula is C6H16Si. The van der Waals surface area contributed by atoms with Crippen LogP contribution in [-0.2, 0) is 0 Å². The molecule has 0 aromatic carbocycles. The fraction of sp³-hybridized carbons (Fsp3) is 1.00. The Balaban J connectivity index is 2.45. The molecule has 0 unspecified atom stereocenters. The van der Waals surface area contributed by atoms with Crippen LogP contribution >= 0.6 is 0 Å². The van der Waals surface area contributed by atoms with Crippen molar-refractivity contribution in [2.24, 2.45) is 0 Å². The summed E-state index contributed by atoms with van der Waals surface area (Å²) in [5.74, 6) is 0. The highest BCUT2D eigenvalue weighted by molar-refractivity contribution is 6.33. The number of rotatable bonds is 4. The molecule has 0 fully saturated rings. The smallest absolute Gasteiger partial charge is 0.0166 e. The average Bonchev–Trinajstić information content (AvgIpc) is 1.69. The molecule has 0 aromatic heterocycles. The maximum atomic E-state index is 2.38. The second-order valence-corrected chi connectivity index (χ2v) is 3.77. The number of hydrogen-bond acceptors (Lipinski definition) is 0. The van der Waals surface area contributed by atoms with Gasteiger partial charge in [0.15, 0.2) is 0 Å². The molecule has 44 valence electrons. The van der Waals surface area contributed by atoms with Crippen molar-refractivity contribution in [3.05, 3.63) is 0 Å². The highest BCUT2D eigenvalue weighted by Crippen LogP contribution is 1.97. The van der Waals surface area contributed by atoms with Crippen LogP contribution in [0.15, 0.2) is 0 Å². The Bertz CT molecular complexity index is 23.4. The van der Waals surface area contributed by atoms with E-state index < -0.39 is 0 Å². The Morgan fingerprint density at radius 2 is 2.00 bits per heavy atom. The van der Waals surface area contributed by atoms with Crippen molar-refractivity contribution in [3.8, 4) is 0 Å². The van der Waals surface area contributed by atoms with Gasteiger partial charge in [-0.05, 0) is 0 Å². The van der Waals surface area contributed by atoms with Crippen LogP contribution in [0.25, 0.3) is 0 Å². The number of unbranched alkanes of at least 4 members (excludes halogenated alkanes) is 2. The van der Waals surface area contributed by atoms with Crippen LogP contribution in [0, 0.1) is 0 Å². The van der Waals surface area contributed by atoms with E-state index in [0.29, 0.717) is 9.52 Å². The molecule has 0 saturated carbocycles. The van der Waals surface area contributed by atoms with E-state index >= 15 is 0 Å². The first-order chi connectivity index (χ1) is 3.41. The first kappa shape index (κ1) is 7.22. The van der Waals surface area contributed by atoms with Crippen molar-refractivity contribution in [1.29, 1.82) is 0 Å². The summed E-state index contributed by atoms with van der Waals surface area (Å²) in [5.41, 5.74) is 0. The molecule has 0 amide bonds. The van der Waals surface area contributed by atoms with Gasteiger partial charge in [-0.1, -0.05) is 38.8 Å². The molecule has 0 aliphatic rings. The van der Waals surface area contributed by atoms with Crippen molar-refractivity contribution in [3.63, 3.8) is 0 Å². The normalized spacial score (nSPS) is 11.1. The van der Waals surface area contributed by atoms with Crippen LogP contribution in [-0.4, -0.2) is 9.52 Å². The summed E-state index contributed by atoms with van der Waals surface area (Å²) in [6.45, 7) is 4.65. The zero-order chi connectivity index (χ0) is 5.54. The molecule has 0 N–H and O–H groups in total. The van der Waals surface area contributed by atoms with Gasteiger partial charge in [0.05, 0.1) is 0 Å². The average molecular weight is 116 g/mol. The molecule has 0 bridgehead atoms. The van der Waals surface area contributed by atoms with Crippen LogP contribution in [0.3, 0.4) is 0 Å². The second kappa shape index (κ2) is 6.22. The maximum absolute atomic E-state index is 2.38. The third-order valence-corrected chi connectivity index (χ3v) is 2.41. The highest BCUT2D eigenvalue weighted by Gasteiger charge is 1.80. The zero-order valence-corrected chi connectivity index (χ0v) is 6.95. The molecular weight excluding hydrogens is 100 g/mol. The molecule has 0 saturated heterocycles. The fourth-order valence-electron chi connectivity index (χ4n) is 0.677. The molecule has 0 heterocycles. The standard InChI is InChI=1S/C6H16Si/c1-3-4-5-6-7-2/h3-7H2,1-2H3. The molecule has 1 heteroatoms. The third kappa shape index (κ3) is 6.22. The van der Waals surface area contributed by atoms with Crippen LogP contribution in [0.2, 0.25) is 12.6 Å². The van der Waals surface area contributed by atoms with E-state index in [9.17, 15) is 0 Å². The molecule has 0 spiro atoms. The first-order valence-corrected chi connectivity index (χ1v) is 5.83. The van der Waals surface area contributed by atoms with Gasteiger partial charge in [-0.3, -0.25) is 0 Å². The van der Waals surface area contributed by atoms with Gasteiger partial charge in [0.25, 0.3) is 0 Å². The van der Waals surface area contributed by atoms with Crippen LogP contribution in [0.1, 0.15) is 26.2 Å². The van der Waals surface area contributed by atoms with Gasteiger partial charge in [-0.15, -0.1) is 0 Å². The third-order valence-electron chi connectivity index (χ3n) is 1.21. The predicted octanol–water partition coefficient (Wildman–Crippen LogP) is 1.81. The van der Waals surface area contributed by atoms with E-state index in [0.717, 1.165) is 0 Å². The van der Waals surface area contributed by atoms with Crippen LogP contribution in [0.5, 0.6) is 0 Å². The van der Waals surface area contributed by atoms with Gasteiger partial charge in [-0.25, -0.2) is 0 Å². The fourth-order valence-corrected chi connectivity index (χ4v) is 1.53. The minimum Gasteiger partial charge on any atom is -0.0748 e. The van der Waals surface area contributed by atoms with Gasteiger partial charge >= 0.3 is 0 Å². The Hall–Kier alpha value is 0.217. The SMILES string of the molecule is CCCCC[SiH2]C. The van der Waals surface area contributed by atoms with E-state index in [1.807, 2.05) is 0 Å². The lowest BCUT2D eigenvalue weighted by molar-refractivity contribution is 0.769. The summed E-state index contributed by atoms with van der Waals surface area (Å²) < 4.78 is 0. The van der Waals surface area contributed by atoms with E-state index in [1.165, 1.54) is 19.3 Å². The Labute approximate surface area is 49.1 Å². The summed E-state index contributed by atoms with van der Waals surface area (Å²) in [6.07, 6.45) is 4.34. The summed E-state index contributed by atoms with van der Waals surface area (Å²) in [7, 11) is 0.394. The largest absolute Gasteiger partial charge is 0.0748 e. The van der Waals surface area contributed by atoms with Gasteiger partial charge in [0, 0.05) is 9.52 Å². The maximum Gasteiger partial charge on any atom is 0.0166 e. The zero-order valence-electron chi connectivity index (χ0n) is 5.54. The Kier molecular flexibility index (Phi) is 6.41. The molecule has 0 aliphatic carbocycles. The van der Waals surface area contributed by atoms with E-state index in [-0.39, 0.29) is 0 Å². The predicted molar refractivity (Wildman–Crippen MR) is 38.7 cm³/mol. The first-order valence-electron chi connectivity index (χ1n) is 3.41. The summed E-state index contributed by atoms with van der Waals surface area (Å²) in [5, 5.41) is 0. The Morgan fingerprint density at radius 1 is 1.29 bits per heavy atom. The molecule has 0 radical (unpaired) electrons. The molecule has 0 nitrogen and oxygen atoms in total. The van der Waals surface area contributed by atoms with Gasteiger partial charge in [-0.2, -0.15) is 0 Å². The van der Waals surface area contributed by atoms with Crippen LogP contribution < -0.4 is 0 Å². The second-order valence-electron chi connectivity index (χ2n) is 2.06. The number of hydrogen-bond donors (Lipinski definition) is 0. The van der Waals surface area contributed by atoms with Crippen molar-refractivity contribution in [1.82, 2.24) is 0 Å². The summed E-state index contributed by atoms with van der Waals surface area (Å²) in [6, 6.07) is 1.56. The molecule has 0 aromatic rings. The molecule has 0 aliphatic heterocycles. The quantitative estimate of drug-likeness (QED) is 0.388. The lowest BCUT2D eigenvalue weighted by Crippen LogP contribution is -1.79. The van der Waals surface area contributed by atoms with Crippen molar-refractivity contribution >= 4 is 9.52 Å². The van der Waals surface area contributed by atoms with Crippen molar-refractivity contribution < 1.29 is 0 Å². The summed E-state index contributed by atoms with van der Waals surface area (Å²) in [4.78, 5) is 0. The van der Waals surface area contributed by atoms with Crippen molar-refractivity contribution in [2.45, 2.75) is 38.8 Å². The van der Waals surface area contributed by atoms with E-state index in [1.54, 1.807) is 6.04 Å². The van der Waals surface area contributed by atoms with E-state index in [4.69, 9.17) is 0 Å². The molecule has 0 rings (SSSR count). The lowest BCUT2D eigenvalue weighted by atomic mass is 10.3. The van der Waals surface area contributed by atoms with E-state index in [2.05, 4.69) is 13.5 Å². The van der Waals surface area contributed by atoms with Gasteiger partial charge in [0.1, 0.15) is 0 Å². The van der Waals surface area contributed by atoms with Crippen LogP contribution in [0.4, 0.5) is 0 Å². The Morgan fingerprint density at radius 3 is 2.43 bits per heavy atom. The lowest BCUT2D eigenvalue weighted by Gasteiger charge is -1.90. The molecule has 0 atom stereocenters. The van der Waals surface area contributed by atoms with Gasteiger partial charge < -0.3 is 0 Å². The minimum atomic E-state index is 0.394.